The predicted octanol–water partition coefficient (Wildman–Crippen LogP) is 3.82. The van der Waals surface area contributed by atoms with Crippen LogP contribution < -0.4 is 5.56 Å². The van der Waals surface area contributed by atoms with Crippen molar-refractivity contribution in [1.29, 1.82) is 5.26 Å². The van der Waals surface area contributed by atoms with Crippen LogP contribution in [0.3, 0.4) is 0 Å². The summed E-state index contributed by atoms with van der Waals surface area (Å²) in [6.07, 6.45) is 0. The molecule has 2 aromatic rings. The molecular weight excluding hydrogens is 304 g/mol. The Labute approximate surface area is 131 Å². The first kappa shape index (κ1) is 15.7. The summed E-state index contributed by atoms with van der Waals surface area (Å²) in [6, 6.07) is 8.51. The van der Waals surface area contributed by atoms with E-state index in [0.717, 1.165) is 4.57 Å². The highest BCUT2D eigenvalue weighted by Crippen LogP contribution is 2.27. The van der Waals surface area contributed by atoms with Crippen molar-refractivity contribution in [3.63, 3.8) is 0 Å². The second-order valence-corrected chi connectivity index (χ2v) is 4.95. The van der Waals surface area contributed by atoms with Crippen molar-refractivity contribution in [2.24, 2.45) is 10.2 Å². The Morgan fingerprint density at radius 1 is 1.32 bits per heavy atom. The summed E-state index contributed by atoms with van der Waals surface area (Å²) in [5, 5.41) is 27.6. The molecule has 0 fully saturated rings. The molecular formula is C15H13ClN4O2. The molecule has 0 saturated heterocycles. The van der Waals surface area contributed by atoms with Crippen LogP contribution in [0.4, 0.5) is 11.4 Å². The van der Waals surface area contributed by atoms with Crippen LogP contribution in [0.2, 0.25) is 5.02 Å². The average Bonchev–Trinajstić information content (AvgIpc) is 2.50. The first-order chi connectivity index (χ1) is 10.5. The molecule has 0 aliphatic heterocycles. The quantitative estimate of drug-likeness (QED) is 0.872. The second-order valence-electron chi connectivity index (χ2n) is 4.51. The average molecular weight is 317 g/mol. The van der Waals surface area contributed by atoms with E-state index in [2.05, 4.69) is 10.2 Å². The number of hydrogen-bond acceptors (Lipinski definition) is 5. The van der Waals surface area contributed by atoms with E-state index in [1.807, 2.05) is 6.07 Å². The maximum atomic E-state index is 12.3. The van der Waals surface area contributed by atoms with Crippen LogP contribution in [0.25, 0.3) is 0 Å². The van der Waals surface area contributed by atoms with Gasteiger partial charge in [-0.2, -0.15) is 10.4 Å². The van der Waals surface area contributed by atoms with Crippen molar-refractivity contribution in [3.05, 3.63) is 50.8 Å². The fourth-order valence-electron chi connectivity index (χ4n) is 1.97. The molecule has 22 heavy (non-hydrogen) atoms. The van der Waals surface area contributed by atoms with Gasteiger partial charge in [0.2, 0.25) is 5.88 Å². The summed E-state index contributed by atoms with van der Waals surface area (Å²) in [5.74, 6) is -0.349. The number of halogens is 1. The molecule has 112 valence electrons. The van der Waals surface area contributed by atoms with Crippen LogP contribution in [-0.4, -0.2) is 9.67 Å². The molecule has 0 saturated carbocycles. The molecule has 6 nitrogen and oxygen atoms in total. The van der Waals surface area contributed by atoms with E-state index in [1.54, 1.807) is 38.1 Å². The molecule has 0 amide bonds. The Hall–Kier alpha value is -2.65. The van der Waals surface area contributed by atoms with Crippen LogP contribution in [-0.2, 0) is 6.54 Å². The van der Waals surface area contributed by atoms with E-state index >= 15 is 0 Å². The Balaban J connectivity index is 2.58. The molecule has 7 heteroatoms. The lowest BCUT2D eigenvalue weighted by molar-refractivity contribution is 0.409. The van der Waals surface area contributed by atoms with Crippen LogP contribution >= 0.6 is 11.6 Å². The van der Waals surface area contributed by atoms with Gasteiger partial charge in [0.15, 0.2) is 5.69 Å². The summed E-state index contributed by atoms with van der Waals surface area (Å²) in [4.78, 5) is 12.3. The molecule has 0 aliphatic carbocycles. The first-order valence-corrected chi connectivity index (χ1v) is 6.91. The molecule has 0 aliphatic rings. The largest absolute Gasteiger partial charge is 0.493 e. The summed E-state index contributed by atoms with van der Waals surface area (Å²) in [5.41, 5.74) is 0.386. The highest BCUT2D eigenvalue weighted by Gasteiger charge is 2.18. The van der Waals surface area contributed by atoms with Gasteiger partial charge in [0.05, 0.1) is 5.69 Å². The minimum Gasteiger partial charge on any atom is -0.493 e. The van der Waals surface area contributed by atoms with Gasteiger partial charge in [0, 0.05) is 17.1 Å². The zero-order valence-electron chi connectivity index (χ0n) is 12.0. The van der Waals surface area contributed by atoms with Crippen molar-refractivity contribution in [2.75, 3.05) is 0 Å². The number of nitrogens with zero attached hydrogens (tertiary/aromatic N) is 4. The Bertz CT molecular complexity index is 833. The van der Waals surface area contributed by atoms with Gasteiger partial charge in [-0.15, -0.1) is 5.11 Å². The third-order valence-electron chi connectivity index (χ3n) is 3.18. The zero-order chi connectivity index (χ0) is 16.3. The highest BCUT2D eigenvalue weighted by molar-refractivity contribution is 6.30. The second kappa shape index (κ2) is 6.41. The third kappa shape index (κ3) is 2.85. The molecule has 2 rings (SSSR count). The van der Waals surface area contributed by atoms with E-state index in [0.29, 0.717) is 16.3 Å². The van der Waals surface area contributed by atoms with Gasteiger partial charge in [0.25, 0.3) is 5.56 Å². The van der Waals surface area contributed by atoms with Crippen LogP contribution in [0.5, 0.6) is 5.88 Å². The first-order valence-electron chi connectivity index (χ1n) is 6.53. The van der Waals surface area contributed by atoms with Crippen molar-refractivity contribution < 1.29 is 5.11 Å². The maximum Gasteiger partial charge on any atom is 0.281 e. The van der Waals surface area contributed by atoms with Crippen LogP contribution in [0, 0.1) is 18.3 Å². The molecule has 0 radical (unpaired) electrons. The van der Waals surface area contributed by atoms with Crippen LogP contribution in [0.15, 0.2) is 39.3 Å². The number of rotatable bonds is 3. The number of aromatic nitrogens is 1. The highest BCUT2D eigenvalue weighted by atomic mass is 35.5. The number of benzene rings is 1. The van der Waals surface area contributed by atoms with Crippen molar-refractivity contribution in [1.82, 2.24) is 4.57 Å². The van der Waals surface area contributed by atoms with Crippen molar-refractivity contribution >= 4 is 23.0 Å². The van der Waals surface area contributed by atoms with E-state index in [9.17, 15) is 9.90 Å². The summed E-state index contributed by atoms with van der Waals surface area (Å²) in [7, 11) is 0. The minimum atomic E-state index is -0.491. The topological polar surface area (TPSA) is 90.7 Å². The smallest absolute Gasteiger partial charge is 0.281 e. The van der Waals surface area contributed by atoms with Gasteiger partial charge < -0.3 is 5.11 Å². The van der Waals surface area contributed by atoms with Gasteiger partial charge in [-0.05, 0) is 38.1 Å². The predicted molar refractivity (Wildman–Crippen MR) is 83.1 cm³/mol. The van der Waals surface area contributed by atoms with Gasteiger partial charge in [-0.1, -0.05) is 11.6 Å². The lowest BCUT2D eigenvalue weighted by Gasteiger charge is -2.10. The number of hydrogen-bond donors (Lipinski definition) is 1. The molecule has 1 heterocycles. The Morgan fingerprint density at radius 2 is 1.95 bits per heavy atom. The number of azo groups is 1. The molecule has 1 aromatic carbocycles. The van der Waals surface area contributed by atoms with Crippen LogP contribution in [0.1, 0.15) is 18.1 Å². The molecule has 0 spiro atoms. The molecule has 1 aromatic heterocycles. The van der Waals surface area contributed by atoms with Gasteiger partial charge in [0.1, 0.15) is 11.6 Å². The van der Waals surface area contributed by atoms with Gasteiger partial charge >= 0.3 is 0 Å². The SMILES string of the molecule is CCn1c(O)c(C#N)c(C)c(N=Nc2ccc(Cl)cc2)c1=O. The summed E-state index contributed by atoms with van der Waals surface area (Å²) >= 11 is 5.79. The van der Waals surface area contributed by atoms with E-state index in [-0.39, 0.29) is 23.7 Å². The third-order valence-corrected chi connectivity index (χ3v) is 3.43. The van der Waals surface area contributed by atoms with Crippen molar-refractivity contribution in [2.45, 2.75) is 20.4 Å². The normalized spacial score (nSPS) is 10.8. The summed E-state index contributed by atoms with van der Waals surface area (Å²) in [6.45, 7) is 3.47. The lowest BCUT2D eigenvalue weighted by atomic mass is 10.1. The maximum absolute atomic E-state index is 12.3. The summed E-state index contributed by atoms with van der Waals surface area (Å²) < 4.78 is 1.09. The Kier molecular flexibility index (Phi) is 4.59. The number of aromatic hydroxyl groups is 1. The molecule has 0 atom stereocenters. The number of nitriles is 1. The number of pyridine rings is 1. The fraction of sp³-hybridized carbons (Fsp3) is 0.200. The van der Waals surface area contributed by atoms with E-state index in [1.165, 1.54) is 0 Å². The monoisotopic (exact) mass is 316 g/mol. The van der Waals surface area contributed by atoms with Gasteiger partial charge in [-0.3, -0.25) is 9.36 Å². The molecule has 1 N–H and O–H groups in total. The Morgan fingerprint density at radius 3 is 2.50 bits per heavy atom. The molecule has 0 bridgehead atoms. The zero-order valence-corrected chi connectivity index (χ0v) is 12.8. The van der Waals surface area contributed by atoms with E-state index in [4.69, 9.17) is 16.9 Å². The minimum absolute atomic E-state index is 0.0199. The fourth-order valence-corrected chi connectivity index (χ4v) is 2.09. The standard InChI is InChI=1S/C15H13ClN4O2/c1-3-20-14(21)12(8-17)9(2)13(15(20)22)19-18-11-6-4-10(16)5-7-11/h4-7,21H,3H2,1-2H3. The lowest BCUT2D eigenvalue weighted by Crippen LogP contribution is -2.20. The molecule has 0 unspecified atom stereocenters. The van der Waals surface area contributed by atoms with Crippen molar-refractivity contribution in [3.8, 4) is 11.9 Å². The van der Waals surface area contributed by atoms with E-state index < -0.39 is 5.56 Å². The van der Waals surface area contributed by atoms with Gasteiger partial charge in [-0.25, -0.2) is 0 Å².